The zero-order valence-corrected chi connectivity index (χ0v) is 11.8. The normalized spacial score (nSPS) is 42.6. The maximum Gasteiger partial charge on any atom is 0.231 e. The molecule has 1 saturated carbocycles. The molecule has 5 rings (SSSR count). The standard InChI is InChI=1S/C16H19NO4/c18-11-1-2-14-16(15(11)19)3-4-17(14)7-9-5-12-13(6-10(9)16)21-8-20-12/h5-6,11,14-15,18-19H,1-4,7-8H2/t11-,14?,15-,16+/m0/s1. The van der Waals surface area contributed by atoms with E-state index in [9.17, 15) is 10.2 Å². The van der Waals surface area contributed by atoms with Crippen molar-refractivity contribution >= 4 is 0 Å². The fourth-order valence-electron chi connectivity index (χ4n) is 5.02. The molecule has 21 heavy (non-hydrogen) atoms. The van der Waals surface area contributed by atoms with Gasteiger partial charge in [-0.3, -0.25) is 4.90 Å². The summed E-state index contributed by atoms with van der Waals surface area (Å²) < 4.78 is 11.0. The molecule has 1 aromatic rings. The van der Waals surface area contributed by atoms with Gasteiger partial charge in [-0.05, 0) is 49.1 Å². The Morgan fingerprint density at radius 1 is 1.14 bits per heavy atom. The van der Waals surface area contributed by atoms with Crippen LogP contribution < -0.4 is 9.47 Å². The van der Waals surface area contributed by atoms with Gasteiger partial charge in [0, 0.05) is 18.0 Å². The smallest absolute Gasteiger partial charge is 0.231 e. The summed E-state index contributed by atoms with van der Waals surface area (Å²) in [5.41, 5.74) is 2.03. The largest absolute Gasteiger partial charge is 0.454 e. The molecule has 0 radical (unpaired) electrons. The SMILES string of the molecule is O[C@H]1CCC2N3CC[C@]2(c2cc4c(cc2C3)OCO4)[C@H]1O. The lowest BCUT2D eigenvalue weighted by Crippen LogP contribution is -2.60. The van der Waals surface area contributed by atoms with Crippen LogP contribution in [0.1, 0.15) is 30.4 Å². The van der Waals surface area contributed by atoms with Crippen molar-refractivity contribution in [2.24, 2.45) is 0 Å². The number of aliphatic hydroxyl groups is 2. The van der Waals surface area contributed by atoms with Crippen molar-refractivity contribution in [1.29, 1.82) is 0 Å². The highest BCUT2D eigenvalue weighted by Crippen LogP contribution is 2.55. The molecule has 5 nitrogen and oxygen atoms in total. The molecule has 2 unspecified atom stereocenters. The van der Waals surface area contributed by atoms with Crippen LogP contribution >= 0.6 is 0 Å². The zero-order chi connectivity index (χ0) is 14.2. The predicted octanol–water partition coefficient (Wildman–Crippen LogP) is 0.757. The number of benzene rings is 1. The lowest BCUT2D eigenvalue weighted by molar-refractivity contribution is -0.0810. The number of nitrogens with zero attached hydrogens (tertiary/aromatic N) is 1. The van der Waals surface area contributed by atoms with Crippen molar-refractivity contribution < 1.29 is 19.7 Å². The van der Waals surface area contributed by atoms with Gasteiger partial charge in [0.2, 0.25) is 6.79 Å². The molecule has 3 aliphatic heterocycles. The summed E-state index contributed by atoms with van der Waals surface area (Å²) in [6, 6.07) is 4.44. The maximum atomic E-state index is 10.8. The summed E-state index contributed by atoms with van der Waals surface area (Å²) in [5.74, 6) is 1.57. The summed E-state index contributed by atoms with van der Waals surface area (Å²) >= 11 is 0. The number of aliphatic hydroxyl groups excluding tert-OH is 2. The molecule has 0 aromatic heterocycles. The van der Waals surface area contributed by atoms with Crippen LogP contribution in [-0.4, -0.2) is 46.7 Å². The molecule has 112 valence electrons. The Bertz CT molecular complexity index is 619. The van der Waals surface area contributed by atoms with E-state index >= 15 is 0 Å². The van der Waals surface area contributed by atoms with Crippen LogP contribution in [-0.2, 0) is 12.0 Å². The number of hydrogen-bond donors (Lipinski definition) is 2. The molecule has 1 saturated heterocycles. The monoisotopic (exact) mass is 289 g/mol. The molecule has 5 heteroatoms. The van der Waals surface area contributed by atoms with Crippen LogP contribution in [0.25, 0.3) is 0 Å². The molecule has 1 aromatic carbocycles. The summed E-state index contributed by atoms with van der Waals surface area (Å²) in [5, 5.41) is 21.0. The van der Waals surface area contributed by atoms with E-state index in [1.807, 2.05) is 0 Å². The van der Waals surface area contributed by atoms with Gasteiger partial charge in [0.05, 0.1) is 12.2 Å². The first-order valence-corrected chi connectivity index (χ1v) is 7.73. The highest BCUT2D eigenvalue weighted by molar-refractivity contribution is 5.54. The van der Waals surface area contributed by atoms with Gasteiger partial charge in [-0.1, -0.05) is 0 Å². The summed E-state index contributed by atoms with van der Waals surface area (Å²) in [6.45, 7) is 2.15. The minimum atomic E-state index is -0.694. The van der Waals surface area contributed by atoms with Crippen LogP contribution in [0, 0.1) is 0 Å². The minimum Gasteiger partial charge on any atom is -0.454 e. The zero-order valence-electron chi connectivity index (χ0n) is 11.8. The lowest BCUT2D eigenvalue weighted by atomic mass is 9.61. The van der Waals surface area contributed by atoms with Gasteiger partial charge in [-0.25, -0.2) is 0 Å². The number of rotatable bonds is 0. The second-order valence-corrected chi connectivity index (χ2v) is 6.73. The first kappa shape index (κ1) is 12.3. The Hall–Kier alpha value is -1.30. The fraction of sp³-hybridized carbons (Fsp3) is 0.625. The van der Waals surface area contributed by atoms with E-state index in [0.29, 0.717) is 12.5 Å². The Labute approximate surface area is 123 Å². The van der Waals surface area contributed by atoms with Crippen molar-refractivity contribution in [3.05, 3.63) is 23.3 Å². The molecule has 2 N–H and O–H groups in total. The van der Waals surface area contributed by atoms with Crippen molar-refractivity contribution in [3.8, 4) is 11.5 Å². The lowest BCUT2D eigenvalue weighted by Gasteiger charge is -2.51. The minimum absolute atomic E-state index is 0.267. The quantitative estimate of drug-likeness (QED) is 0.738. The highest BCUT2D eigenvalue weighted by Gasteiger charge is 2.60. The van der Waals surface area contributed by atoms with E-state index in [1.54, 1.807) is 0 Å². The summed E-state index contributed by atoms with van der Waals surface area (Å²) in [7, 11) is 0. The third-order valence-electron chi connectivity index (χ3n) is 5.95. The Morgan fingerprint density at radius 3 is 2.81 bits per heavy atom. The van der Waals surface area contributed by atoms with Gasteiger partial charge in [-0.2, -0.15) is 0 Å². The molecule has 1 aliphatic carbocycles. The van der Waals surface area contributed by atoms with Crippen molar-refractivity contribution in [2.45, 2.75) is 49.5 Å². The van der Waals surface area contributed by atoms with Gasteiger partial charge in [0.25, 0.3) is 0 Å². The average molecular weight is 289 g/mol. The van der Waals surface area contributed by atoms with E-state index in [0.717, 1.165) is 43.0 Å². The summed E-state index contributed by atoms with van der Waals surface area (Å²) in [6.07, 6.45) is 1.22. The van der Waals surface area contributed by atoms with Gasteiger partial charge in [0.1, 0.15) is 0 Å². The van der Waals surface area contributed by atoms with Crippen molar-refractivity contribution in [3.63, 3.8) is 0 Å². The van der Waals surface area contributed by atoms with Crippen LogP contribution in [0.5, 0.6) is 11.5 Å². The van der Waals surface area contributed by atoms with Gasteiger partial charge < -0.3 is 19.7 Å². The number of fused-ring (bicyclic) bond motifs is 2. The predicted molar refractivity (Wildman–Crippen MR) is 74.3 cm³/mol. The molecular weight excluding hydrogens is 270 g/mol. The van der Waals surface area contributed by atoms with E-state index < -0.39 is 12.2 Å². The third-order valence-corrected chi connectivity index (χ3v) is 5.95. The number of ether oxygens (including phenoxy) is 2. The van der Waals surface area contributed by atoms with Crippen LogP contribution in [0.2, 0.25) is 0 Å². The van der Waals surface area contributed by atoms with Crippen LogP contribution in [0.15, 0.2) is 12.1 Å². The topological polar surface area (TPSA) is 62.2 Å². The molecule has 0 amide bonds. The van der Waals surface area contributed by atoms with Crippen molar-refractivity contribution in [1.82, 2.24) is 4.90 Å². The first-order valence-electron chi connectivity index (χ1n) is 7.73. The number of hydrogen-bond acceptors (Lipinski definition) is 5. The van der Waals surface area contributed by atoms with E-state index in [1.165, 1.54) is 5.56 Å². The average Bonchev–Trinajstić information content (AvgIpc) is 3.04. The van der Waals surface area contributed by atoms with E-state index in [2.05, 4.69) is 17.0 Å². The summed E-state index contributed by atoms with van der Waals surface area (Å²) in [4.78, 5) is 2.46. The Morgan fingerprint density at radius 2 is 1.95 bits per heavy atom. The van der Waals surface area contributed by atoms with Gasteiger partial charge in [0.15, 0.2) is 11.5 Å². The second-order valence-electron chi connectivity index (χ2n) is 6.73. The molecule has 5 atom stereocenters. The second kappa shape index (κ2) is 3.91. The van der Waals surface area contributed by atoms with Crippen LogP contribution in [0.3, 0.4) is 0 Å². The van der Waals surface area contributed by atoms with Gasteiger partial charge in [-0.15, -0.1) is 0 Å². The highest BCUT2D eigenvalue weighted by atomic mass is 16.7. The first-order chi connectivity index (χ1) is 10.2. The molecule has 2 bridgehead atoms. The molecule has 3 heterocycles. The maximum absolute atomic E-state index is 10.8. The molecule has 0 spiro atoms. The van der Waals surface area contributed by atoms with Crippen LogP contribution in [0.4, 0.5) is 0 Å². The fourth-order valence-corrected chi connectivity index (χ4v) is 5.02. The van der Waals surface area contributed by atoms with E-state index in [-0.39, 0.29) is 12.2 Å². The van der Waals surface area contributed by atoms with E-state index in [4.69, 9.17) is 9.47 Å². The van der Waals surface area contributed by atoms with Crippen molar-refractivity contribution in [2.75, 3.05) is 13.3 Å². The molecule has 4 aliphatic rings. The molecule has 2 fully saturated rings. The Kier molecular flexibility index (Phi) is 2.28. The Balaban J connectivity index is 1.73. The van der Waals surface area contributed by atoms with Gasteiger partial charge >= 0.3 is 0 Å². The molecular formula is C16H19NO4. The third kappa shape index (κ3) is 1.37.